The molecule has 0 N–H and O–H groups in total. The quantitative estimate of drug-likeness (QED) is 0.697. The van der Waals surface area contributed by atoms with Crippen LogP contribution in [0, 0.1) is 11.3 Å². The van der Waals surface area contributed by atoms with Gasteiger partial charge in [-0.3, -0.25) is 4.79 Å². The number of rotatable bonds is 1. The number of amides is 1. The summed E-state index contributed by atoms with van der Waals surface area (Å²) in [6.45, 7) is 2.01. The number of anilines is 1. The van der Waals surface area contributed by atoms with Crippen LogP contribution in [-0.4, -0.2) is 37.5 Å². The molecule has 0 saturated carbocycles. The first kappa shape index (κ1) is 10.5. The lowest BCUT2D eigenvalue weighted by Crippen LogP contribution is -2.48. The van der Waals surface area contributed by atoms with Gasteiger partial charge >= 0.3 is 0 Å². The third kappa shape index (κ3) is 1.98. The molecular formula is C12H13N3O. The molecular weight excluding hydrogens is 202 g/mol. The van der Waals surface area contributed by atoms with Crippen LogP contribution in [0.25, 0.3) is 0 Å². The van der Waals surface area contributed by atoms with Crippen LogP contribution < -0.4 is 4.90 Å². The van der Waals surface area contributed by atoms with Gasteiger partial charge in [0.15, 0.2) is 0 Å². The first-order valence-electron chi connectivity index (χ1n) is 5.20. The Bertz CT molecular complexity index is 433. The summed E-state index contributed by atoms with van der Waals surface area (Å²) in [6, 6.07) is 9.40. The van der Waals surface area contributed by atoms with Gasteiger partial charge in [0, 0.05) is 25.8 Å². The van der Waals surface area contributed by atoms with E-state index in [4.69, 9.17) is 5.26 Å². The first-order chi connectivity index (χ1) is 7.70. The molecule has 4 heteroatoms. The molecule has 0 radical (unpaired) electrons. The van der Waals surface area contributed by atoms with E-state index in [1.165, 1.54) is 0 Å². The van der Waals surface area contributed by atoms with Crippen molar-refractivity contribution in [3.8, 4) is 6.07 Å². The molecule has 4 nitrogen and oxygen atoms in total. The van der Waals surface area contributed by atoms with E-state index in [0.29, 0.717) is 12.1 Å². The zero-order valence-corrected chi connectivity index (χ0v) is 9.18. The van der Waals surface area contributed by atoms with Crippen molar-refractivity contribution in [2.45, 2.75) is 0 Å². The van der Waals surface area contributed by atoms with Crippen LogP contribution in [0.4, 0.5) is 5.69 Å². The van der Waals surface area contributed by atoms with Gasteiger partial charge in [0.25, 0.3) is 0 Å². The Morgan fingerprint density at radius 1 is 1.25 bits per heavy atom. The largest absolute Gasteiger partial charge is 0.360 e. The van der Waals surface area contributed by atoms with Gasteiger partial charge in [-0.2, -0.15) is 5.26 Å². The van der Waals surface area contributed by atoms with E-state index in [1.807, 2.05) is 24.1 Å². The van der Waals surface area contributed by atoms with Crippen molar-refractivity contribution in [2.75, 3.05) is 31.6 Å². The number of hydrogen-bond acceptors (Lipinski definition) is 3. The number of piperazine rings is 1. The van der Waals surface area contributed by atoms with Crippen LogP contribution in [-0.2, 0) is 4.79 Å². The monoisotopic (exact) mass is 215 g/mol. The average Bonchev–Trinajstić information content (AvgIpc) is 2.33. The molecule has 1 aliphatic heterocycles. The summed E-state index contributed by atoms with van der Waals surface area (Å²) < 4.78 is 0. The molecule has 1 heterocycles. The van der Waals surface area contributed by atoms with Crippen molar-refractivity contribution in [3.05, 3.63) is 29.8 Å². The summed E-state index contributed by atoms with van der Waals surface area (Å²) in [7, 11) is 1.82. The lowest BCUT2D eigenvalue weighted by molar-refractivity contribution is -0.129. The fourth-order valence-electron chi connectivity index (χ4n) is 1.73. The molecule has 0 spiro atoms. The number of nitriles is 1. The van der Waals surface area contributed by atoms with Crippen molar-refractivity contribution in [2.24, 2.45) is 0 Å². The Kier molecular flexibility index (Phi) is 2.78. The van der Waals surface area contributed by atoms with Crippen LogP contribution >= 0.6 is 0 Å². The highest BCUT2D eigenvalue weighted by Crippen LogP contribution is 2.16. The van der Waals surface area contributed by atoms with Crippen LogP contribution in [0.3, 0.4) is 0 Å². The maximum absolute atomic E-state index is 11.5. The Morgan fingerprint density at radius 3 is 2.50 bits per heavy atom. The van der Waals surface area contributed by atoms with Crippen LogP contribution in [0.1, 0.15) is 5.56 Å². The molecule has 1 aliphatic rings. The van der Waals surface area contributed by atoms with Crippen molar-refractivity contribution >= 4 is 11.6 Å². The van der Waals surface area contributed by atoms with E-state index >= 15 is 0 Å². The number of carbonyl (C=O) groups is 1. The Labute approximate surface area is 94.7 Å². The third-order valence-electron chi connectivity index (χ3n) is 2.82. The molecule has 2 rings (SSSR count). The molecule has 0 aromatic heterocycles. The van der Waals surface area contributed by atoms with Gasteiger partial charge in [-0.05, 0) is 24.3 Å². The fraction of sp³-hybridized carbons (Fsp3) is 0.333. The van der Waals surface area contributed by atoms with Gasteiger partial charge in [0.1, 0.15) is 0 Å². The summed E-state index contributed by atoms with van der Waals surface area (Å²) in [4.78, 5) is 15.3. The lowest BCUT2D eigenvalue weighted by Gasteiger charge is -2.33. The van der Waals surface area contributed by atoms with Crippen LogP contribution in [0.15, 0.2) is 24.3 Å². The summed E-state index contributed by atoms with van der Waals surface area (Å²) in [5.41, 5.74) is 1.64. The highest BCUT2D eigenvalue weighted by molar-refractivity contribution is 5.82. The van der Waals surface area contributed by atoms with Crippen molar-refractivity contribution < 1.29 is 4.79 Å². The van der Waals surface area contributed by atoms with Crippen molar-refractivity contribution in [1.82, 2.24) is 4.90 Å². The fourth-order valence-corrected chi connectivity index (χ4v) is 1.73. The van der Waals surface area contributed by atoms with Gasteiger partial charge in [0.05, 0.1) is 18.2 Å². The molecule has 1 aromatic rings. The molecule has 0 bridgehead atoms. The van der Waals surface area contributed by atoms with E-state index in [0.717, 1.165) is 18.8 Å². The van der Waals surface area contributed by atoms with E-state index in [2.05, 4.69) is 6.07 Å². The van der Waals surface area contributed by atoms with E-state index in [-0.39, 0.29) is 5.91 Å². The smallest absolute Gasteiger partial charge is 0.241 e. The number of carbonyl (C=O) groups excluding carboxylic acids is 1. The van der Waals surface area contributed by atoms with E-state index < -0.39 is 0 Å². The highest BCUT2D eigenvalue weighted by atomic mass is 16.2. The molecule has 1 amide bonds. The maximum atomic E-state index is 11.5. The lowest BCUT2D eigenvalue weighted by atomic mass is 10.2. The van der Waals surface area contributed by atoms with Crippen molar-refractivity contribution in [3.63, 3.8) is 0 Å². The minimum absolute atomic E-state index is 0.135. The number of benzene rings is 1. The molecule has 1 aromatic carbocycles. The molecule has 0 unspecified atom stereocenters. The summed E-state index contributed by atoms with van der Waals surface area (Å²) >= 11 is 0. The average molecular weight is 215 g/mol. The SMILES string of the molecule is CN1CCN(c2ccc(C#N)cc2)CC1=O. The number of hydrogen-bond donors (Lipinski definition) is 0. The summed E-state index contributed by atoms with van der Waals surface area (Å²) in [6.07, 6.45) is 0. The molecule has 1 saturated heterocycles. The summed E-state index contributed by atoms with van der Waals surface area (Å²) in [5, 5.41) is 8.69. The topological polar surface area (TPSA) is 47.3 Å². The predicted octanol–water partition coefficient (Wildman–Crippen LogP) is 0.837. The van der Waals surface area contributed by atoms with Gasteiger partial charge in [-0.15, -0.1) is 0 Å². The predicted molar refractivity (Wildman–Crippen MR) is 61.0 cm³/mol. The van der Waals surface area contributed by atoms with Crippen LogP contribution in [0.5, 0.6) is 0 Å². The zero-order chi connectivity index (χ0) is 11.5. The van der Waals surface area contributed by atoms with Gasteiger partial charge < -0.3 is 9.80 Å². The van der Waals surface area contributed by atoms with Gasteiger partial charge in [-0.25, -0.2) is 0 Å². The zero-order valence-electron chi connectivity index (χ0n) is 9.18. The Morgan fingerprint density at radius 2 is 1.94 bits per heavy atom. The number of nitrogens with zero attached hydrogens (tertiary/aromatic N) is 3. The molecule has 82 valence electrons. The second kappa shape index (κ2) is 4.23. The Hall–Kier alpha value is -2.02. The van der Waals surface area contributed by atoms with Gasteiger partial charge in [-0.1, -0.05) is 0 Å². The van der Waals surface area contributed by atoms with E-state index in [9.17, 15) is 4.79 Å². The van der Waals surface area contributed by atoms with Gasteiger partial charge in [0.2, 0.25) is 5.91 Å². The standard InChI is InChI=1S/C12H13N3O/c1-14-6-7-15(9-12(14)16)11-4-2-10(8-13)3-5-11/h2-5H,6-7,9H2,1H3. The first-order valence-corrected chi connectivity index (χ1v) is 5.20. The third-order valence-corrected chi connectivity index (χ3v) is 2.82. The Balaban J connectivity index is 2.13. The molecule has 1 fully saturated rings. The normalized spacial score (nSPS) is 16.1. The van der Waals surface area contributed by atoms with Crippen molar-refractivity contribution in [1.29, 1.82) is 5.26 Å². The summed E-state index contributed by atoms with van der Waals surface area (Å²) in [5.74, 6) is 0.135. The van der Waals surface area contributed by atoms with Crippen LogP contribution in [0.2, 0.25) is 0 Å². The van der Waals surface area contributed by atoms with E-state index in [1.54, 1.807) is 17.0 Å². The molecule has 0 aliphatic carbocycles. The highest BCUT2D eigenvalue weighted by Gasteiger charge is 2.20. The minimum atomic E-state index is 0.135. The second-order valence-electron chi connectivity index (χ2n) is 3.90. The molecule has 0 atom stereocenters. The minimum Gasteiger partial charge on any atom is -0.360 e. The molecule has 16 heavy (non-hydrogen) atoms. The maximum Gasteiger partial charge on any atom is 0.241 e. The second-order valence-corrected chi connectivity index (χ2v) is 3.90. The number of likely N-dealkylation sites (N-methyl/N-ethyl adjacent to an activating group) is 1.